The number of halogens is 2. The van der Waals surface area contributed by atoms with Gasteiger partial charge in [-0.15, -0.1) is 0 Å². The van der Waals surface area contributed by atoms with Crippen molar-refractivity contribution in [3.63, 3.8) is 0 Å². The van der Waals surface area contributed by atoms with Gasteiger partial charge in [-0.05, 0) is 31.0 Å². The van der Waals surface area contributed by atoms with E-state index in [2.05, 4.69) is 11.9 Å². The monoisotopic (exact) mass is 225 g/mol. The number of amides is 1. The third kappa shape index (κ3) is 3.46. The Hall–Kier alpha value is -1.71. The van der Waals surface area contributed by atoms with E-state index in [0.717, 1.165) is 11.6 Å². The van der Waals surface area contributed by atoms with Gasteiger partial charge in [0.05, 0.1) is 6.04 Å². The predicted molar refractivity (Wildman–Crippen MR) is 57.9 cm³/mol. The van der Waals surface area contributed by atoms with Crippen molar-refractivity contribution in [2.45, 2.75) is 19.4 Å². The van der Waals surface area contributed by atoms with Gasteiger partial charge in [0.25, 0.3) is 0 Å². The first kappa shape index (κ1) is 12.4. The zero-order valence-corrected chi connectivity index (χ0v) is 8.97. The SMILES string of the molecule is C=C(C)C(Cc1cc(F)cc(F)c1)NC=O. The van der Waals surface area contributed by atoms with Gasteiger partial charge < -0.3 is 5.32 Å². The van der Waals surface area contributed by atoms with Crippen LogP contribution in [0.25, 0.3) is 0 Å². The van der Waals surface area contributed by atoms with Crippen LogP contribution in [0.15, 0.2) is 30.4 Å². The molecule has 0 heterocycles. The maximum Gasteiger partial charge on any atom is 0.207 e. The van der Waals surface area contributed by atoms with Gasteiger partial charge in [-0.25, -0.2) is 8.78 Å². The summed E-state index contributed by atoms with van der Waals surface area (Å²) < 4.78 is 25.8. The summed E-state index contributed by atoms with van der Waals surface area (Å²) in [7, 11) is 0. The number of rotatable bonds is 5. The summed E-state index contributed by atoms with van der Waals surface area (Å²) in [4.78, 5) is 10.3. The molecular weight excluding hydrogens is 212 g/mol. The Kier molecular flexibility index (Phi) is 4.17. The standard InChI is InChI=1S/C12H13F2NO/c1-8(2)12(15-7-16)5-9-3-10(13)6-11(14)4-9/h3-4,6-7,12H,1,5H2,2H3,(H,15,16). The molecule has 1 aromatic rings. The number of hydrogen-bond acceptors (Lipinski definition) is 1. The number of carbonyl (C=O) groups is 1. The molecule has 0 bridgehead atoms. The molecule has 1 atom stereocenters. The van der Waals surface area contributed by atoms with Crippen LogP contribution in [0.3, 0.4) is 0 Å². The average molecular weight is 225 g/mol. The maximum absolute atomic E-state index is 12.9. The number of nitrogens with one attached hydrogen (secondary N) is 1. The van der Waals surface area contributed by atoms with Crippen LogP contribution >= 0.6 is 0 Å². The van der Waals surface area contributed by atoms with Gasteiger partial charge in [0, 0.05) is 6.07 Å². The third-order valence-corrected chi connectivity index (χ3v) is 2.23. The van der Waals surface area contributed by atoms with Crippen molar-refractivity contribution in [3.05, 3.63) is 47.5 Å². The summed E-state index contributed by atoms with van der Waals surface area (Å²) in [5.41, 5.74) is 1.22. The summed E-state index contributed by atoms with van der Waals surface area (Å²) in [5, 5.41) is 2.54. The lowest BCUT2D eigenvalue weighted by atomic mass is 10.0. The van der Waals surface area contributed by atoms with Crippen LogP contribution in [0.1, 0.15) is 12.5 Å². The first-order valence-corrected chi connectivity index (χ1v) is 4.83. The van der Waals surface area contributed by atoms with E-state index in [0.29, 0.717) is 18.4 Å². The lowest BCUT2D eigenvalue weighted by molar-refractivity contribution is -0.109. The Balaban J connectivity index is 2.84. The van der Waals surface area contributed by atoms with Crippen LogP contribution in [0, 0.1) is 11.6 Å². The molecule has 0 aliphatic heterocycles. The summed E-state index contributed by atoms with van der Waals surface area (Å²) in [6.07, 6.45) is 0.873. The Labute approximate surface area is 93.0 Å². The van der Waals surface area contributed by atoms with E-state index < -0.39 is 11.6 Å². The highest BCUT2D eigenvalue weighted by Gasteiger charge is 2.10. The Morgan fingerprint density at radius 3 is 2.44 bits per heavy atom. The van der Waals surface area contributed by atoms with E-state index in [9.17, 15) is 13.6 Å². The van der Waals surface area contributed by atoms with Crippen molar-refractivity contribution in [2.24, 2.45) is 0 Å². The van der Waals surface area contributed by atoms with Crippen LogP contribution in [0.5, 0.6) is 0 Å². The summed E-state index contributed by atoms with van der Waals surface area (Å²) in [6.45, 7) is 5.45. The van der Waals surface area contributed by atoms with Crippen molar-refractivity contribution in [2.75, 3.05) is 0 Å². The minimum Gasteiger partial charge on any atom is -0.352 e. The Bertz CT molecular complexity index is 384. The van der Waals surface area contributed by atoms with Crippen LogP contribution in [-0.4, -0.2) is 12.5 Å². The third-order valence-electron chi connectivity index (χ3n) is 2.23. The number of hydrogen-bond donors (Lipinski definition) is 1. The summed E-state index contributed by atoms with van der Waals surface area (Å²) >= 11 is 0. The van der Waals surface area contributed by atoms with E-state index in [1.807, 2.05) is 0 Å². The second-order valence-electron chi connectivity index (χ2n) is 3.67. The first-order valence-electron chi connectivity index (χ1n) is 4.83. The van der Waals surface area contributed by atoms with Crippen LogP contribution in [0.2, 0.25) is 0 Å². The van der Waals surface area contributed by atoms with Crippen molar-refractivity contribution >= 4 is 6.41 Å². The molecule has 16 heavy (non-hydrogen) atoms. The molecule has 1 rings (SSSR count). The first-order chi connectivity index (χ1) is 7.52. The normalized spacial score (nSPS) is 11.9. The molecule has 0 aromatic heterocycles. The topological polar surface area (TPSA) is 29.1 Å². The summed E-state index contributed by atoms with van der Waals surface area (Å²) in [5.74, 6) is -1.25. The fourth-order valence-corrected chi connectivity index (χ4v) is 1.42. The van der Waals surface area contributed by atoms with Gasteiger partial charge in [-0.1, -0.05) is 12.2 Å². The lowest BCUT2D eigenvalue weighted by Gasteiger charge is -2.16. The second kappa shape index (κ2) is 5.39. The van der Waals surface area contributed by atoms with Crippen molar-refractivity contribution < 1.29 is 13.6 Å². The minimum absolute atomic E-state index is 0.307. The van der Waals surface area contributed by atoms with Crippen molar-refractivity contribution in [3.8, 4) is 0 Å². The molecule has 1 amide bonds. The van der Waals surface area contributed by atoms with Crippen molar-refractivity contribution in [1.29, 1.82) is 0 Å². The molecule has 0 saturated heterocycles. The Morgan fingerprint density at radius 2 is 2.00 bits per heavy atom. The highest BCUT2D eigenvalue weighted by molar-refractivity contribution is 5.48. The molecule has 1 unspecified atom stereocenters. The molecule has 0 fully saturated rings. The number of benzene rings is 1. The molecule has 0 saturated carbocycles. The molecule has 1 N–H and O–H groups in total. The van der Waals surface area contributed by atoms with Gasteiger partial charge in [0.1, 0.15) is 11.6 Å². The van der Waals surface area contributed by atoms with Gasteiger partial charge >= 0.3 is 0 Å². The molecule has 2 nitrogen and oxygen atoms in total. The summed E-state index contributed by atoms with van der Waals surface area (Å²) in [6, 6.07) is 2.99. The van der Waals surface area contributed by atoms with E-state index in [-0.39, 0.29) is 6.04 Å². The highest BCUT2D eigenvalue weighted by atomic mass is 19.1. The van der Waals surface area contributed by atoms with Gasteiger partial charge in [-0.3, -0.25) is 4.79 Å². The second-order valence-corrected chi connectivity index (χ2v) is 3.67. The average Bonchev–Trinajstić information content (AvgIpc) is 2.15. The van der Waals surface area contributed by atoms with E-state index in [4.69, 9.17) is 0 Å². The fraction of sp³-hybridized carbons (Fsp3) is 0.250. The molecule has 0 aliphatic rings. The smallest absolute Gasteiger partial charge is 0.207 e. The van der Waals surface area contributed by atoms with Crippen LogP contribution < -0.4 is 5.32 Å². The molecule has 86 valence electrons. The zero-order valence-electron chi connectivity index (χ0n) is 8.97. The zero-order chi connectivity index (χ0) is 12.1. The van der Waals surface area contributed by atoms with E-state index in [1.54, 1.807) is 6.92 Å². The largest absolute Gasteiger partial charge is 0.352 e. The van der Waals surface area contributed by atoms with E-state index in [1.165, 1.54) is 12.1 Å². The molecule has 0 aliphatic carbocycles. The molecule has 0 radical (unpaired) electrons. The predicted octanol–water partition coefficient (Wildman–Crippen LogP) is 2.20. The highest BCUT2D eigenvalue weighted by Crippen LogP contribution is 2.12. The van der Waals surface area contributed by atoms with Gasteiger partial charge in [-0.2, -0.15) is 0 Å². The molecular formula is C12H13F2NO. The minimum atomic E-state index is -0.624. The van der Waals surface area contributed by atoms with Crippen LogP contribution in [0.4, 0.5) is 8.78 Å². The Morgan fingerprint density at radius 1 is 1.44 bits per heavy atom. The molecule has 1 aromatic carbocycles. The molecule has 0 spiro atoms. The number of carbonyl (C=O) groups excluding carboxylic acids is 1. The van der Waals surface area contributed by atoms with Gasteiger partial charge in [0.2, 0.25) is 6.41 Å². The molecule has 4 heteroatoms. The maximum atomic E-state index is 12.9. The van der Waals surface area contributed by atoms with Crippen LogP contribution in [-0.2, 0) is 11.2 Å². The lowest BCUT2D eigenvalue weighted by Crippen LogP contribution is -2.30. The fourth-order valence-electron chi connectivity index (χ4n) is 1.42. The quantitative estimate of drug-likeness (QED) is 0.604. The van der Waals surface area contributed by atoms with E-state index >= 15 is 0 Å². The van der Waals surface area contributed by atoms with Crippen molar-refractivity contribution in [1.82, 2.24) is 5.32 Å². The van der Waals surface area contributed by atoms with Gasteiger partial charge in [0.15, 0.2) is 0 Å².